The number of hydrogen-bond acceptors (Lipinski definition) is 1. The molecule has 0 fully saturated rings. The Morgan fingerprint density at radius 1 is 0.826 bits per heavy atom. The monoisotopic (exact) mass is 303 g/mol. The Morgan fingerprint density at radius 2 is 1.43 bits per heavy atom. The third-order valence-electron chi connectivity index (χ3n) is 4.06. The van der Waals surface area contributed by atoms with Gasteiger partial charge in [-0.15, -0.1) is 0 Å². The average Bonchev–Trinajstić information content (AvgIpc) is 2.60. The lowest BCUT2D eigenvalue weighted by atomic mass is 9.95. The van der Waals surface area contributed by atoms with Crippen LogP contribution in [0.4, 0.5) is 0 Å². The second-order valence-electron chi connectivity index (χ2n) is 5.79. The number of benzene rings is 2. The topological polar surface area (TPSA) is 12.0 Å². The largest absolute Gasteiger partial charge is 0.392 e. The van der Waals surface area contributed by atoms with E-state index in [-0.39, 0.29) is 0 Å². The molecule has 0 spiro atoms. The van der Waals surface area contributed by atoms with Crippen molar-refractivity contribution in [3.05, 3.63) is 102 Å². The predicted molar refractivity (Wildman–Crippen MR) is 101 cm³/mol. The van der Waals surface area contributed by atoms with Gasteiger partial charge in [0.2, 0.25) is 0 Å². The molecule has 23 heavy (non-hydrogen) atoms. The Hall–Kier alpha value is -2.54. The van der Waals surface area contributed by atoms with Crippen LogP contribution < -0.4 is 5.32 Å². The normalized spacial score (nSPS) is 10.1. The van der Waals surface area contributed by atoms with E-state index in [1.807, 2.05) is 13.1 Å². The van der Waals surface area contributed by atoms with Gasteiger partial charge in [-0.25, -0.2) is 0 Å². The lowest BCUT2D eigenvalue weighted by molar-refractivity contribution is 0.848. The standard InChI is InChI=1S/C22H25N/c1-17(10-11-18(2)23-4)19(3)22-14-12-21(13-15-22)16-20-8-6-5-7-9-20/h5-9,12-15,23H,1-3,10-11,16H2,4H3. The zero-order valence-electron chi connectivity index (χ0n) is 13.9. The zero-order chi connectivity index (χ0) is 16.7. The Kier molecular flexibility index (Phi) is 5.99. The molecule has 0 aliphatic heterocycles. The summed E-state index contributed by atoms with van der Waals surface area (Å²) in [6.45, 7) is 12.3. The highest BCUT2D eigenvalue weighted by atomic mass is 14.8. The van der Waals surface area contributed by atoms with Crippen molar-refractivity contribution < 1.29 is 0 Å². The summed E-state index contributed by atoms with van der Waals surface area (Å²) in [5.41, 5.74) is 6.88. The second-order valence-corrected chi connectivity index (χ2v) is 5.79. The molecule has 2 aromatic rings. The number of nitrogens with one attached hydrogen (secondary N) is 1. The fraction of sp³-hybridized carbons (Fsp3) is 0.182. The molecular weight excluding hydrogens is 278 g/mol. The van der Waals surface area contributed by atoms with Crippen molar-refractivity contribution in [2.75, 3.05) is 7.05 Å². The molecule has 1 N–H and O–H groups in total. The van der Waals surface area contributed by atoms with Gasteiger partial charge in [-0.05, 0) is 47.1 Å². The van der Waals surface area contributed by atoms with E-state index in [1.54, 1.807) is 0 Å². The molecule has 0 aliphatic rings. The van der Waals surface area contributed by atoms with Crippen LogP contribution in [-0.4, -0.2) is 7.05 Å². The molecule has 0 unspecified atom stereocenters. The summed E-state index contributed by atoms with van der Waals surface area (Å²) in [5, 5.41) is 3.06. The maximum Gasteiger partial charge on any atom is 0.00343 e. The van der Waals surface area contributed by atoms with Crippen LogP contribution in [0.25, 0.3) is 5.57 Å². The third kappa shape index (κ3) is 5.00. The van der Waals surface area contributed by atoms with Crippen molar-refractivity contribution in [1.29, 1.82) is 0 Å². The van der Waals surface area contributed by atoms with E-state index in [1.165, 1.54) is 11.1 Å². The van der Waals surface area contributed by atoms with Crippen LogP contribution in [0.2, 0.25) is 0 Å². The molecule has 0 heterocycles. The molecule has 118 valence electrons. The minimum atomic E-state index is 0.879. The summed E-state index contributed by atoms with van der Waals surface area (Å²) in [5.74, 6) is 0. The smallest absolute Gasteiger partial charge is 0.00343 e. The molecule has 1 nitrogen and oxygen atoms in total. The quantitative estimate of drug-likeness (QED) is 0.647. The van der Waals surface area contributed by atoms with Crippen molar-refractivity contribution in [2.45, 2.75) is 19.3 Å². The van der Waals surface area contributed by atoms with Crippen molar-refractivity contribution >= 4 is 5.57 Å². The van der Waals surface area contributed by atoms with Crippen molar-refractivity contribution in [3.63, 3.8) is 0 Å². The first-order valence-corrected chi connectivity index (χ1v) is 7.96. The van der Waals surface area contributed by atoms with Gasteiger partial charge in [0.15, 0.2) is 0 Å². The Balaban J connectivity index is 1.97. The molecule has 2 rings (SSSR count). The fourth-order valence-electron chi connectivity index (χ4n) is 2.44. The highest BCUT2D eigenvalue weighted by molar-refractivity contribution is 5.76. The Labute approximate surface area is 140 Å². The molecule has 1 heteroatoms. The minimum Gasteiger partial charge on any atom is -0.392 e. The summed E-state index contributed by atoms with van der Waals surface area (Å²) in [4.78, 5) is 0. The number of allylic oxidation sites excluding steroid dienone is 3. The molecule has 0 bridgehead atoms. The summed E-state index contributed by atoms with van der Waals surface area (Å²) in [6.07, 6.45) is 2.72. The molecule has 2 aromatic carbocycles. The van der Waals surface area contributed by atoms with Crippen molar-refractivity contribution in [3.8, 4) is 0 Å². The first-order chi connectivity index (χ1) is 11.1. The summed E-state index contributed by atoms with van der Waals surface area (Å²) in [7, 11) is 1.89. The van der Waals surface area contributed by atoms with Gasteiger partial charge in [0.1, 0.15) is 0 Å². The maximum absolute atomic E-state index is 4.19. The van der Waals surface area contributed by atoms with E-state index < -0.39 is 0 Å². The van der Waals surface area contributed by atoms with E-state index in [0.29, 0.717) is 0 Å². The van der Waals surface area contributed by atoms with Gasteiger partial charge < -0.3 is 5.32 Å². The summed E-state index contributed by atoms with van der Waals surface area (Å²) in [6, 6.07) is 19.1. The maximum atomic E-state index is 4.19. The molecule has 0 radical (unpaired) electrons. The van der Waals surface area contributed by atoms with Crippen LogP contribution in [0.1, 0.15) is 29.5 Å². The van der Waals surface area contributed by atoms with Crippen LogP contribution in [0.3, 0.4) is 0 Å². The van der Waals surface area contributed by atoms with E-state index >= 15 is 0 Å². The second kappa shape index (κ2) is 8.19. The number of rotatable bonds is 8. The van der Waals surface area contributed by atoms with Gasteiger partial charge in [0.05, 0.1) is 0 Å². The molecule has 0 saturated heterocycles. The highest BCUT2D eigenvalue weighted by Gasteiger charge is 2.05. The van der Waals surface area contributed by atoms with E-state index in [2.05, 4.69) is 73.6 Å². The van der Waals surface area contributed by atoms with Gasteiger partial charge >= 0.3 is 0 Å². The molecule has 0 amide bonds. The van der Waals surface area contributed by atoms with Gasteiger partial charge in [-0.2, -0.15) is 0 Å². The predicted octanol–water partition coefficient (Wildman–Crippen LogP) is 5.36. The third-order valence-corrected chi connectivity index (χ3v) is 4.06. The molecule has 0 saturated carbocycles. The number of hydrogen-bond donors (Lipinski definition) is 1. The minimum absolute atomic E-state index is 0.879. The van der Waals surface area contributed by atoms with Crippen LogP contribution in [0.15, 0.2) is 85.6 Å². The molecule has 0 aliphatic carbocycles. The molecule has 0 atom stereocenters. The first kappa shape index (κ1) is 16.8. The van der Waals surface area contributed by atoms with Crippen LogP contribution in [0, 0.1) is 0 Å². The lowest BCUT2D eigenvalue weighted by Gasteiger charge is -2.12. The van der Waals surface area contributed by atoms with Gasteiger partial charge in [-0.1, -0.05) is 74.3 Å². The SMILES string of the molecule is C=C(CCC(=C)C(=C)c1ccc(Cc2ccccc2)cc1)NC. The zero-order valence-corrected chi connectivity index (χ0v) is 13.9. The van der Waals surface area contributed by atoms with Crippen LogP contribution in [-0.2, 0) is 6.42 Å². The Morgan fingerprint density at radius 3 is 2.04 bits per heavy atom. The van der Waals surface area contributed by atoms with E-state index in [4.69, 9.17) is 0 Å². The molecular formula is C22H25N. The Bertz CT molecular complexity index is 678. The average molecular weight is 303 g/mol. The molecule has 0 aromatic heterocycles. The fourth-order valence-corrected chi connectivity index (χ4v) is 2.44. The summed E-state index contributed by atoms with van der Waals surface area (Å²) >= 11 is 0. The van der Waals surface area contributed by atoms with Gasteiger partial charge in [-0.3, -0.25) is 0 Å². The lowest BCUT2D eigenvalue weighted by Crippen LogP contribution is -2.04. The highest BCUT2D eigenvalue weighted by Crippen LogP contribution is 2.25. The van der Waals surface area contributed by atoms with Crippen molar-refractivity contribution in [2.24, 2.45) is 0 Å². The summed E-state index contributed by atoms with van der Waals surface area (Å²) < 4.78 is 0. The first-order valence-electron chi connectivity index (χ1n) is 7.96. The van der Waals surface area contributed by atoms with Gasteiger partial charge in [0.25, 0.3) is 0 Å². The van der Waals surface area contributed by atoms with E-state index in [9.17, 15) is 0 Å². The van der Waals surface area contributed by atoms with Crippen LogP contribution in [0.5, 0.6) is 0 Å². The van der Waals surface area contributed by atoms with Crippen molar-refractivity contribution in [1.82, 2.24) is 5.32 Å². The van der Waals surface area contributed by atoms with Crippen LogP contribution >= 0.6 is 0 Å². The van der Waals surface area contributed by atoms with Gasteiger partial charge in [0, 0.05) is 12.7 Å². The van der Waals surface area contributed by atoms with E-state index in [0.717, 1.165) is 41.7 Å².